The van der Waals surface area contributed by atoms with Crippen LogP contribution in [0.25, 0.3) is 0 Å². The summed E-state index contributed by atoms with van der Waals surface area (Å²) in [5.74, 6) is -1.32. The first-order chi connectivity index (χ1) is 7.00. The topological polar surface area (TPSA) is 35.5 Å². The van der Waals surface area contributed by atoms with E-state index < -0.39 is 30.5 Å². The number of hydrogen-bond donors (Lipinski definition) is 0. The first-order valence-corrected chi connectivity index (χ1v) is 3.87. The third-order valence-electron chi connectivity index (χ3n) is 1.47. The van der Waals surface area contributed by atoms with Crippen LogP contribution in [0, 0.1) is 0 Å². The Hall–Kier alpha value is -0.990. The highest BCUT2D eigenvalue weighted by molar-refractivity contribution is 5.73. The van der Waals surface area contributed by atoms with E-state index in [1.807, 2.05) is 0 Å². The highest BCUT2D eigenvalue weighted by Gasteiger charge is 2.59. The average Bonchev–Trinajstić information content (AvgIpc) is 2.08. The van der Waals surface area contributed by atoms with Gasteiger partial charge in [-0.15, -0.1) is 0 Å². The Balaban J connectivity index is 4.77. The molecule has 0 spiro atoms. The number of halogens is 6. The maximum Gasteiger partial charge on any atom is 0.423 e. The molecule has 0 amide bonds. The molecule has 0 N–H and O–H groups in total. The van der Waals surface area contributed by atoms with Crippen LogP contribution in [0.3, 0.4) is 0 Å². The number of esters is 1. The van der Waals surface area contributed by atoms with Gasteiger partial charge in [0, 0.05) is 0 Å². The summed E-state index contributed by atoms with van der Waals surface area (Å²) in [5.41, 5.74) is 0. The van der Waals surface area contributed by atoms with Crippen molar-refractivity contribution < 1.29 is 40.6 Å². The summed E-state index contributed by atoms with van der Waals surface area (Å²) in [6.07, 6.45) is -17.2. The molecule has 0 saturated heterocycles. The zero-order chi connectivity index (χ0) is 13.1. The molecule has 16 heavy (non-hydrogen) atoms. The Morgan fingerprint density at radius 2 is 1.44 bits per heavy atom. The smallest absolute Gasteiger partial charge is 0.423 e. The number of rotatable bonds is 3. The summed E-state index contributed by atoms with van der Waals surface area (Å²) >= 11 is 0. The average molecular weight is 254 g/mol. The van der Waals surface area contributed by atoms with E-state index in [4.69, 9.17) is 0 Å². The molecule has 1 atom stereocenters. The van der Waals surface area contributed by atoms with Crippen LogP contribution in [0.1, 0.15) is 6.92 Å². The molecule has 0 heterocycles. The maximum absolute atomic E-state index is 11.9. The van der Waals surface area contributed by atoms with Gasteiger partial charge in [0.25, 0.3) is 0 Å². The lowest BCUT2D eigenvalue weighted by Gasteiger charge is -2.25. The summed E-state index contributed by atoms with van der Waals surface area (Å²) in [6.45, 7) is 0.732. The van der Waals surface area contributed by atoms with Gasteiger partial charge in [-0.1, -0.05) is 0 Å². The number of carbonyl (C=O) groups is 1. The van der Waals surface area contributed by atoms with Crippen LogP contribution in [-0.2, 0) is 14.3 Å². The number of hydrogen-bond acceptors (Lipinski definition) is 3. The number of ether oxygens (including phenoxy) is 2. The molecule has 96 valence electrons. The fourth-order valence-corrected chi connectivity index (χ4v) is 0.766. The molecular formula is C7H8F6O3. The van der Waals surface area contributed by atoms with Crippen molar-refractivity contribution in [3.05, 3.63) is 0 Å². The second-order valence-electron chi connectivity index (χ2n) is 2.76. The van der Waals surface area contributed by atoms with Gasteiger partial charge in [-0.3, -0.25) is 0 Å². The molecule has 0 bridgehead atoms. The summed E-state index contributed by atoms with van der Waals surface area (Å²) in [5, 5.41) is 0. The second-order valence-corrected chi connectivity index (χ2v) is 2.76. The highest BCUT2D eigenvalue weighted by Crippen LogP contribution is 2.36. The van der Waals surface area contributed by atoms with E-state index in [-0.39, 0.29) is 0 Å². The van der Waals surface area contributed by atoms with E-state index in [1.54, 1.807) is 0 Å². The Labute approximate surface area is 86.3 Å². The van der Waals surface area contributed by atoms with Crippen LogP contribution in [0.2, 0.25) is 0 Å². The lowest BCUT2D eigenvalue weighted by atomic mass is 10.3. The zero-order valence-corrected chi connectivity index (χ0v) is 8.15. The van der Waals surface area contributed by atoms with E-state index in [2.05, 4.69) is 9.47 Å². The number of methoxy groups -OCH3 is 1. The van der Waals surface area contributed by atoms with Crippen molar-refractivity contribution in [2.24, 2.45) is 0 Å². The lowest BCUT2D eigenvalue weighted by molar-refractivity contribution is -0.328. The molecule has 3 nitrogen and oxygen atoms in total. The second kappa shape index (κ2) is 4.89. The van der Waals surface area contributed by atoms with E-state index in [0.29, 0.717) is 0 Å². The lowest BCUT2D eigenvalue weighted by Crippen LogP contribution is -2.47. The van der Waals surface area contributed by atoms with Crippen molar-refractivity contribution in [2.45, 2.75) is 31.5 Å². The molecule has 0 saturated carbocycles. The summed E-state index contributed by atoms with van der Waals surface area (Å²) in [7, 11) is 0.818. The van der Waals surface area contributed by atoms with Gasteiger partial charge < -0.3 is 9.47 Å². The summed E-state index contributed by atoms with van der Waals surface area (Å²) in [6, 6.07) is 0. The van der Waals surface area contributed by atoms with Crippen LogP contribution < -0.4 is 0 Å². The first-order valence-electron chi connectivity index (χ1n) is 3.87. The van der Waals surface area contributed by atoms with Gasteiger partial charge >= 0.3 is 18.3 Å². The minimum atomic E-state index is -5.64. The Morgan fingerprint density at radius 1 is 1.06 bits per heavy atom. The molecule has 0 fully saturated rings. The monoisotopic (exact) mass is 254 g/mol. The molecule has 0 aliphatic heterocycles. The normalized spacial score (nSPS) is 15.1. The largest absolute Gasteiger partial charge is 0.467 e. The molecule has 0 unspecified atom stereocenters. The molecule has 0 aromatic rings. The maximum atomic E-state index is 11.9. The van der Waals surface area contributed by atoms with Crippen molar-refractivity contribution >= 4 is 5.97 Å². The van der Waals surface area contributed by atoms with Gasteiger partial charge in [0.1, 0.15) is 0 Å². The van der Waals surface area contributed by atoms with Gasteiger partial charge in [0.2, 0.25) is 6.10 Å². The predicted molar refractivity (Wildman–Crippen MR) is 38.5 cm³/mol. The summed E-state index contributed by atoms with van der Waals surface area (Å²) in [4.78, 5) is 10.6. The van der Waals surface area contributed by atoms with Crippen LogP contribution in [0.15, 0.2) is 0 Å². The Kier molecular flexibility index (Phi) is 4.59. The van der Waals surface area contributed by atoms with Gasteiger partial charge in [0.05, 0.1) is 7.11 Å². The van der Waals surface area contributed by atoms with Crippen molar-refractivity contribution in [1.82, 2.24) is 0 Å². The van der Waals surface area contributed by atoms with Crippen molar-refractivity contribution in [3.63, 3.8) is 0 Å². The molecule has 0 radical (unpaired) electrons. The molecule has 0 aliphatic carbocycles. The van der Waals surface area contributed by atoms with E-state index in [1.165, 1.54) is 0 Å². The SMILES string of the molecule is COC(=O)[C@H](C)OC(C(F)(F)F)C(F)(F)F. The van der Waals surface area contributed by atoms with Crippen molar-refractivity contribution in [3.8, 4) is 0 Å². The first kappa shape index (κ1) is 15.0. The zero-order valence-electron chi connectivity index (χ0n) is 8.15. The molecule has 0 rings (SSSR count). The van der Waals surface area contributed by atoms with E-state index in [9.17, 15) is 31.1 Å². The molecule has 0 aromatic carbocycles. The minimum absolute atomic E-state index is 0.732. The Morgan fingerprint density at radius 3 is 1.69 bits per heavy atom. The van der Waals surface area contributed by atoms with E-state index in [0.717, 1.165) is 14.0 Å². The minimum Gasteiger partial charge on any atom is -0.467 e. The fourth-order valence-electron chi connectivity index (χ4n) is 0.766. The van der Waals surface area contributed by atoms with Gasteiger partial charge in [-0.2, -0.15) is 26.3 Å². The van der Waals surface area contributed by atoms with Crippen molar-refractivity contribution in [2.75, 3.05) is 7.11 Å². The van der Waals surface area contributed by atoms with E-state index >= 15 is 0 Å². The third-order valence-corrected chi connectivity index (χ3v) is 1.47. The molecular weight excluding hydrogens is 246 g/mol. The highest BCUT2D eigenvalue weighted by atomic mass is 19.4. The summed E-state index contributed by atoms with van der Waals surface area (Å²) < 4.78 is 79.2. The molecule has 9 heteroatoms. The van der Waals surface area contributed by atoms with Crippen LogP contribution in [-0.4, -0.2) is 37.6 Å². The molecule has 0 aromatic heterocycles. The van der Waals surface area contributed by atoms with Gasteiger partial charge in [-0.25, -0.2) is 4.79 Å². The van der Waals surface area contributed by atoms with Gasteiger partial charge in [0.15, 0.2) is 6.10 Å². The van der Waals surface area contributed by atoms with Crippen LogP contribution in [0.4, 0.5) is 26.3 Å². The van der Waals surface area contributed by atoms with Crippen LogP contribution >= 0.6 is 0 Å². The quantitative estimate of drug-likeness (QED) is 0.571. The van der Waals surface area contributed by atoms with Crippen LogP contribution in [0.5, 0.6) is 0 Å². The van der Waals surface area contributed by atoms with Crippen molar-refractivity contribution in [1.29, 1.82) is 0 Å². The predicted octanol–water partition coefficient (Wildman–Crippen LogP) is 2.06. The number of carbonyl (C=O) groups excluding carboxylic acids is 1. The number of alkyl halides is 6. The molecule has 0 aliphatic rings. The third kappa shape index (κ3) is 4.25. The standard InChI is InChI=1S/C7H8F6O3/c1-3(4(14)15-2)16-5(6(8,9)10)7(11,12)13/h3,5H,1-2H3/t3-/m0/s1. The Bertz CT molecular complexity index is 231. The van der Waals surface area contributed by atoms with Gasteiger partial charge in [-0.05, 0) is 6.92 Å². The fraction of sp³-hybridized carbons (Fsp3) is 0.857.